The molecule has 0 spiro atoms. The lowest BCUT2D eigenvalue weighted by atomic mass is 10.1. The van der Waals surface area contributed by atoms with Gasteiger partial charge in [-0.05, 0) is 36.2 Å². The van der Waals surface area contributed by atoms with Crippen molar-refractivity contribution in [1.29, 1.82) is 0 Å². The van der Waals surface area contributed by atoms with Gasteiger partial charge in [0.05, 0.1) is 13.7 Å². The standard InChI is InChI=1S/C21H20Cl2FNO4/c1-28-21(27)18-11-13(29-19-8-3-2-7-17(19)24)12-25(18)20(26)10-9-14-15(22)5-4-6-16(14)23/h2-8,13,18H,9-12H2,1H3. The highest BCUT2D eigenvalue weighted by Crippen LogP contribution is 2.28. The van der Waals surface area contributed by atoms with Crippen molar-refractivity contribution in [3.63, 3.8) is 0 Å². The van der Waals surface area contributed by atoms with E-state index in [4.69, 9.17) is 32.7 Å². The minimum absolute atomic E-state index is 0.0817. The van der Waals surface area contributed by atoms with Crippen LogP contribution in [0.5, 0.6) is 5.75 Å². The van der Waals surface area contributed by atoms with Crippen molar-refractivity contribution in [2.24, 2.45) is 0 Å². The number of likely N-dealkylation sites (tertiary alicyclic amines) is 1. The van der Waals surface area contributed by atoms with Crippen molar-refractivity contribution >= 4 is 35.1 Å². The number of hydrogen-bond donors (Lipinski definition) is 0. The maximum Gasteiger partial charge on any atom is 0.328 e. The van der Waals surface area contributed by atoms with Crippen LogP contribution in [0.3, 0.4) is 0 Å². The predicted molar refractivity (Wildman–Crippen MR) is 108 cm³/mol. The molecule has 3 rings (SSSR count). The second-order valence-corrected chi connectivity index (χ2v) is 7.51. The number of esters is 1. The summed E-state index contributed by atoms with van der Waals surface area (Å²) in [6.07, 6.45) is 0.146. The first-order valence-electron chi connectivity index (χ1n) is 9.12. The first kappa shape index (κ1) is 21.4. The van der Waals surface area contributed by atoms with Gasteiger partial charge in [-0.2, -0.15) is 0 Å². The third-order valence-corrected chi connectivity index (χ3v) is 5.55. The molecule has 2 atom stereocenters. The zero-order chi connectivity index (χ0) is 21.0. The van der Waals surface area contributed by atoms with Gasteiger partial charge in [-0.15, -0.1) is 0 Å². The summed E-state index contributed by atoms with van der Waals surface area (Å²) in [4.78, 5) is 26.4. The van der Waals surface area contributed by atoms with Gasteiger partial charge < -0.3 is 14.4 Å². The summed E-state index contributed by atoms with van der Waals surface area (Å²) in [6.45, 7) is 0.156. The van der Waals surface area contributed by atoms with Crippen LogP contribution in [-0.2, 0) is 20.7 Å². The van der Waals surface area contributed by atoms with E-state index in [1.807, 2.05) is 0 Å². The normalized spacial score (nSPS) is 18.6. The minimum atomic E-state index is -0.786. The van der Waals surface area contributed by atoms with E-state index in [1.165, 1.54) is 24.1 Å². The van der Waals surface area contributed by atoms with E-state index in [9.17, 15) is 14.0 Å². The molecule has 154 valence electrons. The topological polar surface area (TPSA) is 55.8 Å². The van der Waals surface area contributed by atoms with Crippen LogP contribution in [0.25, 0.3) is 0 Å². The van der Waals surface area contributed by atoms with Crippen molar-refractivity contribution in [1.82, 2.24) is 4.90 Å². The number of rotatable bonds is 6. The summed E-state index contributed by atoms with van der Waals surface area (Å²) in [5.74, 6) is -1.21. The lowest BCUT2D eigenvalue weighted by molar-refractivity contribution is -0.150. The van der Waals surface area contributed by atoms with E-state index in [2.05, 4.69) is 0 Å². The molecule has 2 unspecified atom stereocenters. The monoisotopic (exact) mass is 439 g/mol. The lowest BCUT2D eigenvalue weighted by Crippen LogP contribution is -2.41. The Labute approximate surface area is 178 Å². The average Bonchev–Trinajstić information content (AvgIpc) is 3.12. The SMILES string of the molecule is COC(=O)C1CC(Oc2ccccc2F)CN1C(=O)CCc1c(Cl)cccc1Cl. The molecule has 0 N–H and O–H groups in total. The summed E-state index contributed by atoms with van der Waals surface area (Å²) >= 11 is 12.3. The van der Waals surface area contributed by atoms with Crippen LogP contribution < -0.4 is 4.74 Å². The zero-order valence-corrected chi connectivity index (χ0v) is 17.3. The molecule has 1 fully saturated rings. The molecule has 2 aromatic carbocycles. The summed E-state index contributed by atoms with van der Waals surface area (Å²) in [5.41, 5.74) is 0.678. The van der Waals surface area contributed by atoms with Gasteiger partial charge in [0.2, 0.25) is 5.91 Å². The second kappa shape index (κ2) is 9.46. The zero-order valence-electron chi connectivity index (χ0n) is 15.7. The molecule has 5 nitrogen and oxygen atoms in total. The van der Waals surface area contributed by atoms with Crippen LogP contribution in [-0.4, -0.2) is 42.6 Å². The number of benzene rings is 2. The van der Waals surface area contributed by atoms with E-state index in [0.29, 0.717) is 22.0 Å². The van der Waals surface area contributed by atoms with Crippen molar-refractivity contribution in [2.45, 2.75) is 31.4 Å². The van der Waals surface area contributed by atoms with E-state index >= 15 is 0 Å². The molecule has 0 bridgehead atoms. The molecular weight excluding hydrogens is 420 g/mol. The molecule has 2 aromatic rings. The van der Waals surface area contributed by atoms with Crippen LogP contribution in [0.1, 0.15) is 18.4 Å². The third kappa shape index (κ3) is 5.00. The average molecular weight is 440 g/mol. The van der Waals surface area contributed by atoms with Crippen molar-refractivity contribution in [3.05, 3.63) is 63.9 Å². The van der Waals surface area contributed by atoms with Gasteiger partial charge >= 0.3 is 5.97 Å². The smallest absolute Gasteiger partial charge is 0.328 e. The molecule has 0 radical (unpaired) electrons. The number of carbonyl (C=O) groups excluding carboxylic acids is 2. The predicted octanol–water partition coefficient (Wildman–Crippen LogP) is 4.29. The van der Waals surface area contributed by atoms with Gasteiger partial charge in [0, 0.05) is 22.9 Å². The highest BCUT2D eigenvalue weighted by atomic mass is 35.5. The Morgan fingerprint density at radius 1 is 1.14 bits per heavy atom. The number of para-hydroxylation sites is 1. The van der Waals surface area contributed by atoms with E-state index in [-0.39, 0.29) is 31.0 Å². The largest absolute Gasteiger partial charge is 0.485 e. The summed E-state index contributed by atoms with van der Waals surface area (Å²) < 4.78 is 24.4. The molecule has 0 aromatic heterocycles. The Morgan fingerprint density at radius 3 is 2.48 bits per heavy atom. The molecule has 1 aliphatic rings. The van der Waals surface area contributed by atoms with Gasteiger partial charge in [-0.3, -0.25) is 4.79 Å². The van der Waals surface area contributed by atoms with E-state index < -0.39 is 23.9 Å². The van der Waals surface area contributed by atoms with E-state index in [0.717, 1.165) is 0 Å². The maximum absolute atomic E-state index is 13.9. The fourth-order valence-corrected chi connectivity index (χ4v) is 3.97. The van der Waals surface area contributed by atoms with Gasteiger partial charge in [-0.25, -0.2) is 9.18 Å². The number of ether oxygens (including phenoxy) is 2. The first-order chi connectivity index (χ1) is 13.9. The first-order valence-corrected chi connectivity index (χ1v) is 9.87. The number of nitrogens with zero attached hydrogens (tertiary/aromatic N) is 1. The highest BCUT2D eigenvalue weighted by molar-refractivity contribution is 6.36. The number of carbonyl (C=O) groups is 2. The number of amides is 1. The maximum atomic E-state index is 13.9. The summed E-state index contributed by atoms with van der Waals surface area (Å²) in [6, 6.07) is 10.4. The van der Waals surface area contributed by atoms with Crippen LogP contribution in [0.4, 0.5) is 4.39 Å². The molecule has 1 saturated heterocycles. The highest BCUT2D eigenvalue weighted by Gasteiger charge is 2.41. The van der Waals surface area contributed by atoms with Gasteiger partial charge in [-0.1, -0.05) is 41.4 Å². The molecule has 0 saturated carbocycles. The number of halogens is 3. The Bertz CT molecular complexity index is 888. The van der Waals surface area contributed by atoms with Crippen LogP contribution >= 0.6 is 23.2 Å². The minimum Gasteiger partial charge on any atom is -0.485 e. The quantitative estimate of drug-likeness (QED) is 0.630. The molecule has 1 aliphatic heterocycles. The fourth-order valence-electron chi connectivity index (χ4n) is 3.38. The Kier molecular flexibility index (Phi) is 6.98. The third-order valence-electron chi connectivity index (χ3n) is 4.84. The molecule has 1 amide bonds. The van der Waals surface area contributed by atoms with Crippen LogP contribution in [0.2, 0.25) is 10.0 Å². The molecular formula is C21H20Cl2FNO4. The van der Waals surface area contributed by atoms with Crippen molar-refractivity contribution in [2.75, 3.05) is 13.7 Å². The Balaban J connectivity index is 1.70. The van der Waals surface area contributed by atoms with Crippen molar-refractivity contribution in [3.8, 4) is 5.75 Å². The Morgan fingerprint density at radius 2 is 1.83 bits per heavy atom. The molecule has 29 heavy (non-hydrogen) atoms. The van der Waals surface area contributed by atoms with Crippen LogP contribution in [0, 0.1) is 5.82 Å². The van der Waals surface area contributed by atoms with E-state index in [1.54, 1.807) is 30.3 Å². The van der Waals surface area contributed by atoms with Crippen LogP contribution in [0.15, 0.2) is 42.5 Å². The van der Waals surface area contributed by atoms with Gasteiger partial charge in [0.1, 0.15) is 12.1 Å². The van der Waals surface area contributed by atoms with Gasteiger partial charge in [0.25, 0.3) is 0 Å². The second-order valence-electron chi connectivity index (χ2n) is 6.69. The van der Waals surface area contributed by atoms with Crippen molar-refractivity contribution < 1.29 is 23.5 Å². The Hall–Kier alpha value is -2.31. The summed E-state index contributed by atoms with van der Waals surface area (Å²) in [7, 11) is 1.26. The number of methoxy groups -OCH3 is 1. The number of hydrogen-bond acceptors (Lipinski definition) is 4. The van der Waals surface area contributed by atoms with Gasteiger partial charge in [0.15, 0.2) is 11.6 Å². The lowest BCUT2D eigenvalue weighted by Gasteiger charge is -2.22. The molecule has 0 aliphatic carbocycles. The summed E-state index contributed by atoms with van der Waals surface area (Å²) in [5, 5.41) is 0.967. The fraction of sp³-hybridized carbons (Fsp3) is 0.333. The molecule has 1 heterocycles. The molecule has 8 heteroatoms.